The lowest BCUT2D eigenvalue weighted by Gasteiger charge is -2.13. The minimum absolute atomic E-state index is 0.0936. The predicted octanol–water partition coefficient (Wildman–Crippen LogP) is 8.32. The average molecular weight is 703 g/mol. The van der Waals surface area contributed by atoms with Crippen LogP contribution in [0.5, 0.6) is 0 Å². The third-order valence-corrected chi connectivity index (χ3v) is 9.21. The molecule has 3 N–H and O–H groups in total. The predicted molar refractivity (Wildman–Crippen MR) is 195 cm³/mol. The SMILES string of the molecule is CN(C)c1ccc(/C=C(\NC(=O)c2ccccc2)C(=O)Nc2ccc(SCC(=O)Nc3nc(-c4ccc(Cl)c(Cl)c4)cs3)cc2)cc1. The van der Waals surface area contributed by atoms with E-state index in [1.807, 2.05) is 72.9 Å². The minimum atomic E-state index is -0.477. The Hall–Kier alpha value is -4.61. The number of hydrogen-bond acceptors (Lipinski definition) is 7. The number of thioether (sulfide) groups is 1. The Morgan fingerprint density at radius 2 is 1.60 bits per heavy atom. The molecule has 238 valence electrons. The van der Waals surface area contributed by atoms with E-state index in [0.29, 0.717) is 32.1 Å². The normalized spacial score (nSPS) is 11.1. The maximum absolute atomic E-state index is 13.4. The molecule has 5 aromatic rings. The van der Waals surface area contributed by atoms with E-state index in [9.17, 15) is 14.4 Å². The molecule has 1 heterocycles. The molecule has 47 heavy (non-hydrogen) atoms. The first-order chi connectivity index (χ1) is 22.6. The highest BCUT2D eigenvalue weighted by molar-refractivity contribution is 8.00. The summed E-state index contributed by atoms with van der Waals surface area (Å²) in [6.07, 6.45) is 1.63. The summed E-state index contributed by atoms with van der Waals surface area (Å²) in [5.41, 5.74) is 4.31. The van der Waals surface area contributed by atoms with Gasteiger partial charge in [-0.15, -0.1) is 23.1 Å². The Labute approximate surface area is 290 Å². The van der Waals surface area contributed by atoms with Crippen molar-refractivity contribution in [2.24, 2.45) is 0 Å². The zero-order valence-electron chi connectivity index (χ0n) is 25.3. The number of halogens is 2. The first-order valence-electron chi connectivity index (χ1n) is 14.2. The number of aromatic nitrogens is 1. The summed E-state index contributed by atoms with van der Waals surface area (Å²) in [4.78, 5) is 46.2. The van der Waals surface area contributed by atoms with Crippen LogP contribution in [0.3, 0.4) is 0 Å². The van der Waals surface area contributed by atoms with E-state index >= 15 is 0 Å². The van der Waals surface area contributed by atoms with Crippen LogP contribution >= 0.6 is 46.3 Å². The quantitative estimate of drug-likeness (QED) is 0.0945. The first-order valence-corrected chi connectivity index (χ1v) is 16.9. The average Bonchev–Trinajstić information content (AvgIpc) is 3.54. The van der Waals surface area contributed by atoms with E-state index in [1.54, 1.807) is 54.6 Å². The van der Waals surface area contributed by atoms with E-state index in [-0.39, 0.29) is 17.4 Å². The number of carbonyl (C=O) groups is 3. The number of anilines is 3. The number of benzene rings is 4. The van der Waals surface area contributed by atoms with Crippen LogP contribution in [0, 0.1) is 0 Å². The molecule has 0 aliphatic carbocycles. The van der Waals surface area contributed by atoms with E-state index in [4.69, 9.17) is 23.2 Å². The summed E-state index contributed by atoms with van der Waals surface area (Å²) in [5, 5.41) is 11.6. The second-order valence-corrected chi connectivity index (χ2v) is 13.1. The highest BCUT2D eigenvalue weighted by atomic mass is 35.5. The molecule has 3 amide bonds. The number of nitrogens with zero attached hydrogens (tertiary/aromatic N) is 2. The summed E-state index contributed by atoms with van der Waals surface area (Å²) in [7, 11) is 3.89. The molecule has 0 bridgehead atoms. The molecule has 5 rings (SSSR count). The number of rotatable bonds is 11. The fourth-order valence-corrected chi connectivity index (χ4v) is 5.97. The summed E-state index contributed by atoms with van der Waals surface area (Å²) >= 11 is 14.8. The number of carbonyl (C=O) groups excluding carboxylic acids is 3. The molecule has 0 spiro atoms. The topological polar surface area (TPSA) is 103 Å². The van der Waals surface area contributed by atoms with Gasteiger partial charge >= 0.3 is 0 Å². The van der Waals surface area contributed by atoms with Gasteiger partial charge in [0, 0.05) is 46.9 Å². The lowest BCUT2D eigenvalue weighted by molar-refractivity contribution is -0.114. The van der Waals surface area contributed by atoms with Gasteiger partial charge in [-0.3, -0.25) is 14.4 Å². The fourth-order valence-electron chi connectivity index (χ4n) is 4.23. The second kappa shape index (κ2) is 15.8. The van der Waals surface area contributed by atoms with E-state index in [2.05, 4.69) is 20.9 Å². The summed E-state index contributed by atoms with van der Waals surface area (Å²) in [6.45, 7) is 0. The number of amides is 3. The Bertz CT molecular complexity index is 1910. The van der Waals surface area contributed by atoms with Crippen molar-refractivity contribution in [3.63, 3.8) is 0 Å². The summed E-state index contributed by atoms with van der Waals surface area (Å²) in [6, 6.07) is 28.7. The molecule has 0 radical (unpaired) electrons. The largest absolute Gasteiger partial charge is 0.378 e. The monoisotopic (exact) mass is 701 g/mol. The molecule has 0 unspecified atom stereocenters. The summed E-state index contributed by atoms with van der Waals surface area (Å²) < 4.78 is 0. The highest BCUT2D eigenvalue weighted by Gasteiger charge is 2.16. The van der Waals surface area contributed by atoms with Crippen LogP contribution in [-0.4, -0.2) is 42.6 Å². The van der Waals surface area contributed by atoms with Gasteiger partial charge in [-0.1, -0.05) is 59.6 Å². The van der Waals surface area contributed by atoms with Gasteiger partial charge in [0.25, 0.3) is 11.8 Å². The van der Waals surface area contributed by atoms with Crippen LogP contribution in [0.4, 0.5) is 16.5 Å². The van der Waals surface area contributed by atoms with Gasteiger partial charge in [-0.05, 0) is 72.3 Å². The maximum atomic E-state index is 13.4. The van der Waals surface area contributed by atoms with E-state index in [0.717, 1.165) is 21.7 Å². The van der Waals surface area contributed by atoms with Crippen molar-refractivity contribution in [1.82, 2.24) is 10.3 Å². The van der Waals surface area contributed by atoms with Crippen molar-refractivity contribution in [1.29, 1.82) is 0 Å². The van der Waals surface area contributed by atoms with Gasteiger partial charge in [-0.25, -0.2) is 4.98 Å². The fraction of sp³-hybridized carbons (Fsp3) is 0.0857. The molecule has 0 saturated carbocycles. The zero-order valence-corrected chi connectivity index (χ0v) is 28.4. The maximum Gasteiger partial charge on any atom is 0.272 e. The van der Waals surface area contributed by atoms with Crippen LogP contribution in [0.15, 0.2) is 113 Å². The van der Waals surface area contributed by atoms with Crippen molar-refractivity contribution in [2.45, 2.75) is 4.90 Å². The van der Waals surface area contributed by atoms with E-state index < -0.39 is 11.8 Å². The van der Waals surface area contributed by atoms with Crippen LogP contribution in [-0.2, 0) is 9.59 Å². The third kappa shape index (κ3) is 9.46. The molecule has 4 aromatic carbocycles. The third-order valence-electron chi connectivity index (χ3n) is 6.70. The number of nitrogens with one attached hydrogen (secondary N) is 3. The molecule has 0 saturated heterocycles. The molecule has 1 aromatic heterocycles. The van der Waals surface area contributed by atoms with E-state index in [1.165, 1.54) is 23.1 Å². The number of hydrogen-bond donors (Lipinski definition) is 3. The van der Waals surface area contributed by atoms with Crippen molar-refractivity contribution >= 4 is 86.6 Å². The highest BCUT2D eigenvalue weighted by Crippen LogP contribution is 2.31. The van der Waals surface area contributed by atoms with Crippen LogP contribution < -0.4 is 20.9 Å². The Morgan fingerprint density at radius 3 is 2.28 bits per heavy atom. The molecule has 0 atom stereocenters. The molecule has 0 aliphatic rings. The van der Waals surface area contributed by atoms with Crippen LogP contribution in [0.2, 0.25) is 10.0 Å². The first kappa shape index (κ1) is 33.7. The number of thiazole rings is 1. The molecule has 0 aliphatic heterocycles. The standard InChI is InChI=1S/C35H29Cl2N5O3S2/c1-42(2)26-13-8-22(9-14-26)18-30(39-33(44)23-6-4-3-5-7-23)34(45)38-25-11-15-27(16-12-25)46-21-32(43)41-35-40-31(20-47-35)24-10-17-28(36)29(37)19-24/h3-20H,21H2,1-2H3,(H,38,45)(H,39,44)(H,40,41,43)/b30-18-. The van der Waals surface area contributed by atoms with Crippen LogP contribution in [0.25, 0.3) is 17.3 Å². The van der Waals surface area contributed by atoms with Crippen molar-refractivity contribution in [3.8, 4) is 11.3 Å². The Morgan fingerprint density at radius 1 is 0.872 bits per heavy atom. The second-order valence-electron chi connectivity index (χ2n) is 10.3. The lowest BCUT2D eigenvalue weighted by atomic mass is 10.1. The van der Waals surface area contributed by atoms with Crippen molar-refractivity contribution in [2.75, 3.05) is 35.4 Å². The Kier molecular flexibility index (Phi) is 11.3. The molecule has 8 nitrogen and oxygen atoms in total. The smallest absolute Gasteiger partial charge is 0.272 e. The minimum Gasteiger partial charge on any atom is -0.378 e. The summed E-state index contributed by atoms with van der Waals surface area (Å²) in [5.74, 6) is -0.914. The zero-order chi connectivity index (χ0) is 33.3. The van der Waals surface area contributed by atoms with Gasteiger partial charge in [0.2, 0.25) is 5.91 Å². The van der Waals surface area contributed by atoms with Crippen molar-refractivity contribution < 1.29 is 14.4 Å². The molecule has 0 fully saturated rings. The van der Waals surface area contributed by atoms with Gasteiger partial charge in [0.1, 0.15) is 5.70 Å². The van der Waals surface area contributed by atoms with Gasteiger partial charge in [0.05, 0.1) is 21.5 Å². The lowest BCUT2D eigenvalue weighted by Crippen LogP contribution is -2.30. The van der Waals surface area contributed by atoms with Crippen LogP contribution in [0.1, 0.15) is 15.9 Å². The Balaban J connectivity index is 1.19. The van der Waals surface area contributed by atoms with Gasteiger partial charge in [-0.2, -0.15) is 0 Å². The molecular formula is C35H29Cl2N5O3S2. The van der Waals surface area contributed by atoms with Gasteiger partial charge < -0.3 is 20.9 Å². The molecule has 12 heteroatoms. The van der Waals surface area contributed by atoms with Crippen molar-refractivity contribution in [3.05, 3.63) is 129 Å². The molecular weight excluding hydrogens is 673 g/mol. The van der Waals surface area contributed by atoms with Gasteiger partial charge in [0.15, 0.2) is 5.13 Å².